The predicted molar refractivity (Wildman–Crippen MR) is 106 cm³/mol. The highest BCUT2D eigenvalue weighted by Crippen LogP contribution is 2.26. The van der Waals surface area contributed by atoms with E-state index in [0.717, 1.165) is 34.4 Å². The van der Waals surface area contributed by atoms with Gasteiger partial charge in [-0.05, 0) is 43.3 Å². The summed E-state index contributed by atoms with van der Waals surface area (Å²) in [6.07, 6.45) is 3.68. The molecule has 0 unspecified atom stereocenters. The lowest BCUT2D eigenvalue weighted by Gasteiger charge is -2.14. The molecule has 2 nitrogen and oxygen atoms in total. The van der Waals surface area contributed by atoms with Gasteiger partial charge in [-0.3, -0.25) is 0 Å². The second kappa shape index (κ2) is 10.3. The number of benzene rings is 2. The fraction of sp³-hybridized carbons (Fsp3) is 0.368. The smallest absolute Gasteiger partial charge is 0.124 e. The van der Waals surface area contributed by atoms with Crippen molar-refractivity contribution in [1.29, 1.82) is 0 Å². The Hall–Kier alpha value is -0.740. The van der Waals surface area contributed by atoms with E-state index in [1.807, 2.05) is 24.3 Å². The van der Waals surface area contributed by atoms with E-state index >= 15 is 0 Å². The highest BCUT2D eigenvalue weighted by molar-refractivity contribution is 9.10. The number of hydrogen-bond acceptors (Lipinski definition) is 2. The van der Waals surface area contributed by atoms with Gasteiger partial charge in [-0.25, -0.2) is 0 Å². The molecule has 0 spiro atoms. The average molecular weight is 431 g/mol. The maximum Gasteiger partial charge on any atom is 0.124 e. The van der Waals surface area contributed by atoms with Crippen molar-refractivity contribution in [2.75, 3.05) is 6.54 Å². The van der Waals surface area contributed by atoms with Crippen LogP contribution in [0.2, 0.25) is 10.0 Å². The van der Waals surface area contributed by atoms with Gasteiger partial charge in [-0.1, -0.05) is 65.0 Å². The maximum absolute atomic E-state index is 6.21. The van der Waals surface area contributed by atoms with E-state index in [9.17, 15) is 0 Å². The molecule has 2 aromatic rings. The molecule has 0 saturated carbocycles. The molecule has 0 aliphatic rings. The van der Waals surface area contributed by atoms with Crippen molar-refractivity contribution in [3.8, 4) is 5.75 Å². The molecule has 0 bridgehead atoms. The summed E-state index contributed by atoms with van der Waals surface area (Å²) in [5, 5.41) is 4.73. The zero-order valence-corrected chi connectivity index (χ0v) is 16.8. The molecule has 2 rings (SSSR count). The second-order valence-corrected chi connectivity index (χ2v) is 7.42. The number of unbranched alkanes of at least 4 members (excludes halogenated alkanes) is 2. The molecular formula is C19H22BrCl2NO. The van der Waals surface area contributed by atoms with Gasteiger partial charge in [0, 0.05) is 32.2 Å². The zero-order chi connectivity index (χ0) is 17.4. The van der Waals surface area contributed by atoms with E-state index in [2.05, 4.69) is 34.2 Å². The van der Waals surface area contributed by atoms with E-state index in [1.165, 1.54) is 19.3 Å². The zero-order valence-electron chi connectivity index (χ0n) is 13.7. The molecule has 0 amide bonds. The lowest BCUT2D eigenvalue weighted by Crippen LogP contribution is -2.15. The largest absolute Gasteiger partial charge is 0.489 e. The minimum Gasteiger partial charge on any atom is -0.489 e. The van der Waals surface area contributed by atoms with Gasteiger partial charge >= 0.3 is 0 Å². The molecule has 0 fully saturated rings. The standard InChI is InChI=1S/C19H22BrCl2NO/c1-2-3-4-9-23-12-15-10-16(20)6-8-19(15)24-13-14-5-7-17(21)11-18(14)22/h5-8,10-11,23H,2-4,9,12-13H2,1H3. The van der Waals surface area contributed by atoms with E-state index < -0.39 is 0 Å². The van der Waals surface area contributed by atoms with Crippen LogP contribution in [0, 0.1) is 0 Å². The lowest BCUT2D eigenvalue weighted by molar-refractivity contribution is 0.302. The van der Waals surface area contributed by atoms with Crippen molar-refractivity contribution < 1.29 is 4.74 Å². The summed E-state index contributed by atoms with van der Waals surface area (Å²) in [6, 6.07) is 11.5. The van der Waals surface area contributed by atoms with Gasteiger partial charge in [0.15, 0.2) is 0 Å². The Balaban J connectivity index is 1.98. The van der Waals surface area contributed by atoms with Crippen molar-refractivity contribution in [3.63, 3.8) is 0 Å². The first kappa shape index (κ1) is 19.6. The van der Waals surface area contributed by atoms with Gasteiger partial charge in [-0.2, -0.15) is 0 Å². The Morgan fingerprint density at radius 1 is 1.04 bits per heavy atom. The fourth-order valence-electron chi connectivity index (χ4n) is 2.34. The Morgan fingerprint density at radius 2 is 1.88 bits per heavy atom. The molecule has 0 aliphatic carbocycles. The first-order chi connectivity index (χ1) is 11.6. The van der Waals surface area contributed by atoms with Crippen LogP contribution in [-0.2, 0) is 13.2 Å². The number of nitrogens with one attached hydrogen (secondary N) is 1. The van der Waals surface area contributed by atoms with Gasteiger partial charge in [-0.15, -0.1) is 0 Å². The average Bonchev–Trinajstić information content (AvgIpc) is 2.55. The van der Waals surface area contributed by atoms with Gasteiger partial charge in [0.05, 0.1) is 0 Å². The van der Waals surface area contributed by atoms with Crippen LogP contribution in [0.3, 0.4) is 0 Å². The molecule has 130 valence electrons. The first-order valence-electron chi connectivity index (χ1n) is 8.16. The van der Waals surface area contributed by atoms with E-state index in [1.54, 1.807) is 6.07 Å². The summed E-state index contributed by atoms with van der Waals surface area (Å²) in [7, 11) is 0. The third kappa shape index (κ3) is 6.29. The van der Waals surface area contributed by atoms with Gasteiger partial charge in [0.2, 0.25) is 0 Å². The molecule has 0 aromatic heterocycles. The van der Waals surface area contributed by atoms with Crippen LogP contribution < -0.4 is 10.1 Å². The van der Waals surface area contributed by atoms with Crippen LogP contribution in [0.15, 0.2) is 40.9 Å². The summed E-state index contributed by atoms with van der Waals surface area (Å²) >= 11 is 15.7. The van der Waals surface area contributed by atoms with E-state index in [4.69, 9.17) is 27.9 Å². The van der Waals surface area contributed by atoms with Gasteiger partial charge < -0.3 is 10.1 Å². The molecular weight excluding hydrogens is 409 g/mol. The van der Waals surface area contributed by atoms with Crippen molar-refractivity contribution in [2.24, 2.45) is 0 Å². The fourth-order valence-corrected chi connectivity index (χ4v) is 3.22. The van der Waals surface area contributed by atoms with Crippen LogP contribution in [-0.4, -0.2) is 6.54 Å². The molecule has 24 heavy (non-hydrogen) atoms. The first-order valence-corrected chi connectivity index (χ1v) is 9.71. The topological polar surface area (TPSA) is 21.3 Å². The van der Waals surface area contributed by atoms with Gasteiger partial charge in [0.1, 0.15) is 12.4 Å². The summed E-state index contributed by atoms with van der Waals surface area (Å²) in [5.41, 5.74) is 2.05. The third-order valence-electron chi connectivity index (χ3n) is 3.69. The van der Waals surface area contributed by atoms with Gasteiger partial charge in [0.25, 0.3) is 0 Å². The highest BCUT2D eigenvalue weighted by Gasteiger charge is 2.07. The van der Waals surface area contributed by atoms with Crippen LogP contribution in [0.25, 0.3) is 0 Å². The molecule has 0 heterocycles. The van der Waals surface area contributed by atoms with E-state index in [-0.39, 0.29) is 0 Å². The minimum atomic E-state index is 0.417. The Kier molecular flexibility index (Phi) is 8.40. The van der Waals surface area contributed by atoms with Crippen molar-refractivity contribution in [1.82, 2.24) is 5.32 Å². The Labute approximate surface area is 162 Å². The monoisotopic (exact) mass is 429 g/mol. The second-order valence-electron chi connectivity index (χ2n) is 5.66. The normalized spacial score (nSPS) is 10.8. The van der Waals surface area contributed by atoms with Crippen molar-refractivity contribution in [2.45, 2.75) is 39.3 Å². The van der Waals surface area contributed by atoms with Crippen LogP contribution in [0.5, 0.6) is 5.75 Å². The quantitative estimate of drug-likeness (QED) is 0.451. The number of halogens is 3. The number of rotatable bonds is 9. The molecule has 5 heteroatoms. The molecule has 0 aliphatic heterocycles. The Bertz CT molecular complexity index is 664. The predicted octanol–water partition coefficient (Wildman–Crippen LogP) is 6.61. The van der Waals surface area contributed by atoms with Crippen LogP contribution in [0.1, 0.15) is 37.3 Å². The SMILES string of the molecule is CCCCCNCc1cc(Br)ccc1OCc1ccc(Cl)cc1Cl. The minimum absolute atomic E-state index is 0.417. The summed E-state index contributed by atoms with van der Waals surface area (Å²) in [5.74, 6) is 0.868. The lowest BCUT2D eigenvalue weighted by atomic mass is 10.2. The Morgan fingerprint density at radius 3 is 2.62 bits per heavy atom. The highest BCUT2D eigenvalue weighted by atomic mass is 79.9. The van der Waals surface area contributed by atoms with E-state index in [0.29, 0.717) is 16.7 Å². The van der Waals surface area contributed by atoms with Crippen LogP contribution in [0.4, 0.5) is 0 Å². The summed E-state index contributed by atoms with van der Waals surface area (Å²) in [4.78, 5) is 0. The molecule has 0 radical (unpaired) electrons. The third-order valence-corrected chi connectivity index (χ3v) is 4.77. The molecule has 0 atom stereocenters. The molecule has 1 N–H and O–H groups in total. The van der Waals surface area contributed by atoms with Crippen molar-refractivity contribution in [3.05, 3.63) is 62.0 Å². The summed E-state index contributed by atoms with van der Waals surface area (Å²) in [6.45, 7) is 4.43. The maximum atomic E-state index is 6.21. The molecule has 2 aromatic carbocycles. The summed E-state index contributed by atoms with van der Waals surface area (Å²) < 4.78 is 7.03. The number of hydrogen-bond donors (Lipinski definition) is 1. The molecule has 0 saturated heterocycles. The van der Waals surface area contributed by atoms with Crippen molar-refractivity contribution >= 4 is 39.1 Å². The number of ether oxygens (including phenoxy) is 1. The van der Waals surface area contributed by atoms with Crippen LogP contribution >= 0.6 is 39.1 Å².